The lowest BCUT2D eigenvalue weighted by atomic mass is 10.1. The molecule has 3 nitrogen and oxygen atoms in total. The van der Waals surface area contributed by atoms with Crippen molar-refractivity contribution < 1.29 is 5.11 Å². The maximum atomic E-state index is 9.21. The van der Waals surface area contributed by atoms with E-state index in [-0.39, 0.29) is 12.0 Å². The molecule has 1 fully saturated rings. The van der Waals surface area contributed by atoms with E-state index in [1.54, 1.807) is 0 Å². The van der Waals surface area contributed by atoms with Crippen LogP contribution in [-0.4, -0.2) is 21.7 Å². The summed E-state index contributed by atoms with van der Waals surface area (Å²) >= 11 is 0. The van der Waals surface area contributed by atoms with Crippen molar-refractivity contribution in [3.8, 4) is 0 Å². The van der Waals surface area contributed by atoms with Crippen LogP contribution in [0.4, 0.5) is 0 Å². The summed E-state index contributed by atoms with van der Waals surface area (Å²) in [6.07, 6.45) is 2.04. The maximum absolute atomic E-state index is 9.21. The molecule has 0 bridgehead atoms. The van der Waals surface area contributed by atoms with Crippen LogP contribution in [0.3, 0.4) is 0 Å². The lowest BCUT2D eigenvalue weighted by Crippen LogP contribution is -2.17. The van der Waals surface area contributed by atoms with Gasteiger partial charge in [-0.3, -0.25) is 0 Å². The van der Waals surface area contributed by atoms with Crippen LogP contribution in [0.2, 0.25) is 0 Å². The van der Waals surface area contributed by atoms with Gasteiger partial charge in [-0.05, 0) is 32.8 Å². The highest BCUT2D eigenvalue weighted by molar-refractivity contribution is 5.21. The molecular formula is C10H14N2O. The van der Waals surface area contributed by atoms with Crippen molar-refractivity contribution >= 4 is 0 Å². The highest BCUT2D eigenvalue weighted by Gasteiger charge is 2.46. The molecule has 0 unspecified atom stereocenters. The van der Waals surface area contributed by atoms with Crippen LogP contribution in [0.1, 0.15) is 30.1 Å². The zero-order chi connectivity index (χ0) is 9.47. The number of nitrogens with zero attached hydrogens (tertiary/aromatic N) is 2. The van der Waals surface area contributed by atoms with E-state index in [1.165, 1.54) is 0 Å². The summed E-state index contributed by atoms with van der Waals surface area (Å²) in [5.41, 5.74) is 1.88. The molecule has 0 spiro atoms. The van der Waals surface area contributed by atoms with Gasteiger partial charge in [-0.2, -0.15) is 0 Å². The SMILES string of the molecule is Cc1cc(C)nc(C2(CO)CC2)n1. The second-order valence-corrected chi connectivity index (χ2v) is 3.91. The van der Waals surface area contributed by atoms with Crippen molar-refractivity contribution in [2.24, 2.45) is 0 Å². The van der Waals surface area contributed by atoms with Crippen molar-refractivity contribution in [3.05, 3.63) is 23.3 Å². The number of aromatic nitrogens is 2. The molecule has 3 heteroatoms. The first-order valence-corrected chi connectivity index (χ1v) is 4.60. The molecule has 2 rings (SSSR count). The number of hydrogen-bond donors (Lipinski definition) is 1. The molecule has 1 aliphatic rings. The van der Waals surface area contributed by atoms with Crippen molar-refractivity contribution in [1.29, 1.82) is 0 Å². The summed E-state index contributed by atoms with van der Waals surface area (Å²) in [4.78, 5) is 8.74. The second-order valence-electron chi connectivity index (χ2n) is 3.91. The molecule has 0 aliphatic heterocycles. The van der Waals surface area contributed by atoms with E-state index in [0.29, 0.717) is 0 Å². The summed E-state index contributed by atoms with van der Waals surface area (Å²) in [5, 5.41) is 9.21. The Balaban J connectivity index is 2.40. The third-order valence-electron chi connectivity index (χ3n) is 2.61. The van der Waals surface area contributed by atoms with Gasteiger partial charge in [0.2, 0.25) is 0 Å². The minimum atomic E-state index is -0.100. The van der Waals surface area contributed by atoms with E-state index >= 15 is 0 Å². The molecule has 1 aromatic heterocycles. The average Bonchev–Trinajstić information content (AvgIpc) is 2.82. The van der Waals surface area contributed by atoms with Gasteiger partial charge in [0, 0.05) is 11.4 Å². The molecular weight excluding hydrogens is 164 g/mol. The molecule has 13 heavy (non-hydrogen) atoms. The first-order chi connectivity index (χ1) is 6.16. The molecule has 0 amide bonds. The number of aliphatic hydroxyl groups is 1. The molecule has 1 heterocycles. The lowest BCUT2D eigenvalue weighted by molar-refractivity contribution is 0.249. The molecule has 0 radical (unpaired) electrons. The van der Waals surface area contributed by atoms with E-state index in [1.807, 2.05) is 19.9 Å². The first kappa shape index (κ1) is 8.63. The van der Waals surface area contributed by atoms with Crippen LogP contribution >= 0.6 is 0 Å². The van der Waals surface area contributed by atoms with Gasteiger partial charge in [-0.1, -0.05) is 0 Å². The number of aliphatic hydroxyl groups excluding tert-OH is 1. The van der Waals surface area contributed by atoms with E-state index in [2.05, 4.69) is 9.97 Å². The summed E-state index contributed by atoms with van der Waals surface area (Å²) in [6, 6.07) is 1.96. The van der Waals surface area contributed by atoms with Gasteiger partial charge < -0.3 is 5.11 Å². The van der Waals surface area contributed by atoms with Gasteiger partial charge >= 0.3 is 0 Å². The van der Waals surface area contributed by atoms with Crippen molar-refractivity contribution in [2.45, 2.75) is 32.1 Å². The highest BCUT2D eigenvalue weighted by Crippen LogP contribution is 2.45. The Hall–Kier alpha value is -0.960. The zero-order valence-electron chi connectivity index (χ0n) is 8.04. The zero-order valence-corrected chi connectivity index (χ0v) is 8.04. The van der Waals surface area contributed by atoms with Gasteiger partial charge in [0.25, 0.3) is 0 Å². The van der Waals surface area contributed by atoms with E-state index in [0.717, 1.165) is 30.1 Å². The largest absolute Gasteiger partial charge is 0.395 e. The molecule has 0 saturated heterocycles. The van der Waals surface area contributed by atoms with Crippen LogP contribution in [0.15, 0.2) is 6.07 Å². The predicted molar refractivity (Wildman–Crippen MR) is 49.5 cm³/mol. The second kappa shape index (κ2) is 2.77. The quantitative estimate of drug-likeness (QED) is 0.738. The van der Waals surface area contributed by atoms with E-state index in [9.17, 15) is 5.11 Å². The Bertz CT molecular complexity index is 311. The predicted octanol–water partition coefficient (Wildman–Crippen LogP) is 1.12. The normalized spacial score (nSPS) is 18.7. The topological polar surface area (TPSA) is 46.0 Å². The van der Waals surface area contributed by atoms with E-state index in [4.69, 9.17) is 0 Å². The number of hydrogen-bond acceptors (Lipinski definition) is 3. The lowest BCUT2D eigenvalue weighted by Gasteiger charge is -2.10. The Kier molecular flexibility index (Phi) is 1.84. The maximum Gasteiger partial charge on any atom is 0.137 e. The van der Waals surface area contributed by atoms with Crippen molar-refractivity contribution in [2.75, 3.05) is 6.61 Å². The molecule has 1 N–H and O–H groups in total. The van der Waals surface area contributed by atoms with Gasteiger partial charge in [-0.25, -0.2) is 9.97 Å². The Morgan fingerprint density at radius 3 is 2.23 bits per heavy atom. The fraction of sp³-hybridized carbons (Fsp3) is 0.600. The molecule has 0 atom stereocenters. The summed E-state index contributed by atoms with van der Waals surface area (Å²) in [5.74, 6) is 0.826. The van der Waals surface area contributed by atoms with Crippen LogP contribution in [-0.2, 0) is 5.41 Å². The van der Waals surface area contributed by atoms with Gasteiger partial charge in [0.05, 0.1) is 12.0 Å². The summed E-state index contributed by atoms with van der Waals surface area (Å²) in [7, 11) is 0. The molecule has 1 aromatic rings. The average molecular weight is 178 g/mol. The number of aryl methyl sites for hydroxylation is 2. The Labute approximate surface area is 77.8 Å². The third kappa shape index (κ3) is 1.44. The van der Waals surface area contributed by atoms with Gasteiger partial charge in [-0.15, -0.1) is 0 Å². The monoisotopic (exact) mass is 178 g/mol. The third-order valence-corrected chi connectivity index (χ3v) is 2.61. The standard InChI is InChI=1S/C10H14N2O/c1-7-5-8(2)12-9(11-7)10(6-13)3-4-10/h5,13H,3-4,6H2,1-2H3. The Morgan fingerprint density at radius 2 is 1.85 bits per heavy atom. The molecule has 0 aromatic carbocycles. The fourth-order valence-corrected chi connectivity index (χ4v) is 1.57. The van der Waals surface area contributed by atoms with Crippen LogP contribution in [0.5, 0.6) is 0 Å². The Morgan fingerprint density at radius 1 is 1.31 bits per heavy atom. The first-order valence-electron chi connectivity index (χ1n) is 4.60. The van der Waals surface area contributed by atoms with Gasteiger partial charge in [0.15, 0.2) is 0 Å². The molecule has 70 valence electrons. The molecule has 1 aliphatic carbocycles. The highest BCUT2D eigenvalue weighted by atomic mass is 16.3. The van der Waals surface area contributed by atoms with Gasteiger partial charge in [0.1, 0.15) is 5.82 Å². The van der Waals surface area contributed by atoms with Crippen LogP contribution in [0, 0.1) is 13.8 Å². The minimum absolute atomic E-state index is 0.100. The smallest absolute Gasteiger partial charge is 0.137 e. The fourth-order valence-electron chi connectivity index (χ4n) is 1.57. The van der Waals surface area contributed by atoms with Crippen LogP contribution in [0.25, 0.3) is 0 Å². The van der Waals surface area contributed by atoms with E-state index < -0.39 is 0 Å². The summed E-state index contributed by atoms with van der Waals surface area (Å²) in [6.45, 7) is 4.10. The van der Waals surface area contributed by atoms with Crippen molar-refractivity contribution in [1.82, 2.24) is 9.97 Å². The molecule has 1 saturated carbocycles. The summed E-state index contributed by atoms with van der Waals surface area (Å²) < 4.78 is 0. The van der Waals surface area contributed by atoms with Crippen LogP contribution < -0.4 is 0 Å². The number of rotatable bonds is 2. The minimum Gasteiger partial charge on any atom is -0.395 e. The van der Waals surface area contributed by atoms with Crippen molar-refractivity contribution in [3.63, 3.8) is 0 Å².